The van der Waals surface area contributed by atoms with Gasteiger partial charge in [-0.2, -0.15) is 0 Å². The Balaban J connectivity index is 1.82. The number of allylic oxidation sites excluding steroid dienone is 1. The topological polar surface area (TPSA) is 59.2 Å². The third-order valence-electron chi connectivity index (χ3n) is 3.88. The van der Waals surface area contributed by atoms with Crippen LogP contribution < -0.4 is 0 Å². The Morgan fingerprint density at radius 2 is 2.16 bits per heavy atom. The number of halogens is 2. The van der Waals surface area contributed by atoms with Crippen LogP contribution in [0.3, 0.4) is 0 Å². The summed E-state index contributed by atoms with van der Waals surface area (Å²) in [5.41, 5.74) is 1.92. The number of thioether (sulfide) groups is 1. The van der Waals surface area contributed by atoms with Crippen molar-refractivity contribution >= 4 is 46.3 Å². The maximum Gasteiger partial charge on any atom is 0.157 e. The van der Waals surface area contributed by atoms with Crippen molar-refractivity contribution in [3.8, 4) is 10.6 Å². The van der Waals surface area contributed by atoms with Crippen LogP contribution in [0.1, 0.15) is 34.7 Å². The molecular formula is C17H12Cl2N2O2S2. The lowest BCUT2D eigenvalue weighted by atomic mass is 9.98. The molecule has 0 spiro atoms. The quantitative estimate of drug-likeness (QED) is 0.589. The molecule has 1 N–H and O–H groups in total. The molecule has 1 aliphatic heterocycles. The molecule has 3 aromatic rings. The van der Waals surface area contributed by atoms with Gasteiger partial charge in [0.05, 0.1) is 24.4 Å². The normalized spacial score (nSPS) is 18.4. The number of aromatic nitrogens is 2. The Bertz CT molecular complexity index is 924. The van der Waals surface area contributed by atoms with Crippen LogP contribution in [0.5, 0.6) is 0 Å². The smallest absolute Gasteiger partial charge is 0.157 e. The Morgan fingerprint density at radius 1 is 1.28 bits per heavy atom. The summed E-state index contributed by atoms with van der Waals surface area (Å²) in [5.74, 6) is 0.632. The highest BCUT2D eigenvalue weighted by atomic mass is 35.5. The van der Waals surface area contributed by atoms with Gasteiger partial charge in [-0.25, -0.2) is 0 Å². The fraction of sp³-hybridized carbons (Fsp3) is 0.176. The predicted molar refractivity (Wildman–Crippen MR) is 102 cm³/mol. The molecule has 0 aliphatic carbocycles. The van der Waals surface area contributed by atoms with E-state index in [1.165, 1.54) is 23.1 Å². The third-order valence-corrected chi connectivity index (χ3v) is 6.62. The molecular weight excluding hydrogens is 399 g/mol. The molecule has 4 heterocycles. The molecule has 0 radical (unpaired) electrons. The fourth-order valence-corrected chi connectivity index (χ4v) is 5.11. The SMILES string of the molecule is OC(c1cccnc1)c1c(-c2ccc(Cl)s2)noc1C1CC=C(Cl)S1. The number of hydrogen-bond acceptors (Lipinski definition) is 6. The molecule has 0 amide bonds. The van der Waals surface area contributed by atoms with Crippen molar-refractivity contribution in [2.75, 3.05) is 0 Å². The first-order chi connectivity index (χ1) is 12.1. The van der Waals surface area contributed by atoms with Crippen LogP contribution >= 0.6 is 46.3 Å². The van der Waals surface area contributed by atoms with E-state index in [-0.39, 0.29) is 5.25 Å². The lowest BCUT2D eigenvalue weighted by Gasteiger charge is -2.14. The molecule has 4 nitrogen and oxygen atoms in total. The van der Waals surface area contributed by atoms with Gasteiger partial charge in [-0.3, -0.25) is 4.98 Å². The lowest BCUT2D eigenvalue weighted by molar-refractivity contribution is 0.216. The first-order valence-corrected chi connectivity index (χ1v) is 9.94. The monoisotopic (exact) mass is 410 g/mol. The molecule has 25 heavy (non-hydrogen) atoms. The molecule has 0 saturated heterocycles. The lowest BCUT2D eigenvalue weighted by Crippen LogP contribution is -2.05. The van der Waals surface area contributed by atoms with E-state index < -0.39 is 6.10 Å². The van der Waals surface area contributed by atoms with E-state index in [9.17, 15) is 5.11 Å². The molecule has 3 aromatic heterocycles. The minimum absolute atomic E-state index is 0.00879. The molecule has 2 unspecified atom stereocenters. The van der Waals surface area contributed by atoms with Crippen molar-refractivity contribution in [3.05, 3.63) is 68.3 Å². The van der Waals surface area contributed by atoms with Gasteiger partial charge < -0.3 is 9.63 Å². The molecule has 0 fully saturated rings. The minimum atomic E-state index is -0.897. The predicted octanol–water partition coefficient (Wildman–Crippen LogP) is 5.79. The van der Waals surface area contributed by atoms with E-state index in [0.717, 1.165) is 15.7 Å². The van der Waals surface area contributed by atoms with E-state index in [1.54, 1.807) is 24.5 Å². The summed E-state index contributed by atoms with van der Waals surface area (Å²) in [7, 11) is 0. The first-order valence-electron chi connectivity index (χ1n) is 7.49. The Labute approximate surface area is 162 Å². The Hall–Kier alpha value is -1.31. The molecule has 128 valence electrons. The maximum atomic E-state index is 11.0. The molecule has 4 rings (SSSR count). The summed E-state index contributed by atoms with van der Waals surface area (Å²) in [6.07, 6.45) is 5.09. The van der Waals surface area contributed by atoms with Crippen molar-refractivity contribution < 1.29 is 9.63 Å². The Morgan fingerprint density at radius 3 is 2.80 bits per heavy atom. The highest BCUT2D eigenvalue weighted by molar-refractivity contribution is 8.05. The molecule has 0 aromatic carbocycles. The van der Waals surface area contributed by atoms with Crippen LogP contribution in [0, 0.1) is 0 Å². The van der Waals surface area contributed by atoms with E-state index in [4.69, 9.17) is 27.7 Å². The molecule has 0 bridgehead atoms. The van der Waals surface area contributed by atoms with Gasteiger partial charge in [-0.15, -0.1) is 23.1 Å². The highest BCUT2D eigenvalue weighted by Gasteiger charge is 2.32. The van der Waals surface area contributed by atoms with Gasteiger partial charge in [0.15, 0.2) is 5.76 Å². The van der Waals surface area contributed by atoms with Crippen molar-refractivity contribution in [1.82, 2.24) is 10.1 Å². The average molecular weight is 411 g/mol. The van der Waals surface area contributed by atoms with Gasteiger partial charge in [-0.05, 0) is 24.6 Å². The number of hydrogen-bond donors (Lipinski definition) is 1. The number of nitrogens with zero attached hydrogens (tertiary/aromatic N) is 2. The summed E-state index contributed by atoms with van der Waals surface area (Å²) in [5, 5.41) is 15.2. The highest BCUT2D eigenvalue weighted by Crippen LogP contribution is 2.49. The van der Waals surface area contributed by atoms with Crippen molar-refractivity contribution in [3.63, 3.8) is 0 Å². The summed E-state index contributed by atoms with van der Waals surface area (Å²) in [4.78, 5) is 4.94. The van der Waals surface area contributed by atoms with Gasteiger partial charge >= 0.3 is 0 Å². The molecule has 0 saturated carbocycles. The van der Waals surface area contributed by atoms with Gasteiger partial charge in [0, 0.05) is 18.0 Å². The molecule has 8 heteroatoms. The fourth-order valence-electron chi connectivity index (χ4n) is 2.72. The zero-order valence-corrected chi connectivity index (χ0v) is 15.9. The van der Waals surface area contributed by atoms with Gasteiger partial charge in [0.1, 0.15) is 11.8 Å². The van der Waals surface area contributed by atoms with Crippen LogP contribution in [0.2, 0.25) is 4.34 Å². The van der Waals surface area contributed by atoms with Crippen molar-refractivity contribution in [2.45, 2.75) is 17.8 Å². The van der Waals surface area contributed by atoms with Gasteiger partial charge in [0.2, 0.25) is 0 Å². The third kappa shape index (κ3) is 3.37. The van der Waals surface area contributed by atoms with Gasteiger partial charge in [0.25, 0.3) is 0 Å². The van der Waals surface area contributed by atoms with Crippen molar-refractivity contribution in [2.24, 2.45) is 0 Å². The second-order valence-corrected chi connectivity index (χ2v) is 9.04. The van der Waals surface area contributed by atoms with Crippen LogP contribution in [0.15, 0.2) is 51.6 Å². The summed E-state index contributed by atoms with van der Waals surface area (Å²) >= 11 is 15.1. The van der Waals surface area contributed by atoms with E-state index >= 15 is 0 Å². The summed E-state index contributed by atoms with van der Waals surface area (Å²) < 4.78 is 7.03. The van der Waals surface area contributed by atoms with Gasteiger partial charge in [-0.1, -0.05) is 40.5 Å². The van der Waals surface area contributed by atoms with Crippen LogP contribution in [-0.4, -0.2) is 15.2 Å². The van der Waals surface area contributed by atoms with Crippen LogP contribution in [-0.2, 0) is 0 Å². The zero-order chi connectivity index (χ0) is 17.4. The largest absolute Gasteiger partial charge is 0.383 e. The second-order valence-electron chi connectivity index (χ2n) is 5.45. The average Bonchev–Trinajstić information content (AvgIpc) is 3.34. The molecule has 1 aliphatic rings. The molecule has 2 atom stereocenters. The number of aliphatic hydroxyl groups is 1. The summed E-state index contributed by atoms with van der Waals surface area (Å²) in [6.45, 7) is 0. The van der Waals surface area contributed by atoms with E-state index in [0.29, 0.717) is 26.9 Å². The zero-order valence-electron chi connectivity index (χ0n) is 12.7. The number of pyridine rings is 1. The number of thiophene rings is 1. The maximum absolute atomic E-state index is 11.0. The number of rotatable bonds is 4. The van der Waals surface area contributed by atoms with E-state index in [2.05, 4.69) is 10.1 Å². The summed E-state index contributed by atoms with van der Waals surface area (Å²) in [6, 6.07) is 7.29. The van der Waals surface area contributed by atoms with Crippen LogP contribution in [0.4, 0.5) is 0 Å². The standard InChI is InChI=1S/C17H12Cl2N2O2S2/c18-12-5-3-10(24-12)15-14(16(22)9-2-1-7-20-8-9)17(23-21-15)11-4-6-13(19)25-11/h1-3,5-8,11,16,22H,4H2. The van der Waals surface area contributed by atoms with E-state index in [1.807, 2.05) is 18.2 Å². The Kier molecular flexibility index (Phi) is 4.88. The van der Waals surface area contributed by atoms with Crippen LogP contribution in [0.25, 0.3) is 10.6 Å². The second kappa shape index (κ2) is 7.13. The number of aliphatic hydroxyl groups excluding tert-OH is 1. The minimum Gasteiger partial charge on any atom is -0.383 e. The van der Waals surface area contributed by atoms with Crippen molar-refractivity contribution in [1.29, 1.82) is 0 Å². The first kappa shape index (κ1) is 17.1.